The van der Waals surface area contributed by atoms with E-state index in [0.717, 1.165) is 5.56 Å². The summed E-state index contributed by atoms with van der Waals surface area (Å²) in [6.45, 7) is 1.89. The third-order valence-electron chi connectivity index (χ3n) is 3.93. The van der Waals surface area contributed by atoms with E-state index in [9.17, 15) is 9.59 Å². The van der Waals surface area contributed by atoms with Gasteiger partial charge in [0.2, 0.25) is 0 Å². The molecule has 1 amide bonds. The molecule has 7 heteroatoms. The van der Waals surface area contributed by atoms with E-state index in [1.165, 1.54) is 6.21 Å². The van der Waals surface area contributed by atoms with Crippen LogP contribution in [-0.2, 0) is 0 Å². The lowest BCUT2D eigenvalue weighted by atomic mass is 10.1. The molecule has 3 aromatic rings. The minimum atomic E-state index is -0.542. The van der Waals surface area contributed by atoms with Crippen LogP contribution in [0.5, 0.6) is 5.75 Å². The van der Waals surface area contributed by atoms with Crippen molar-refractivity contribution >= 4 is 41.3 Å². The molecule has 0 bridgehead atoms. The Morgan fingerprint density at radius 3 is 2.34 bits per heavy atom. The molecule has 0 saturated heterocycles. The van der Waals surface area contributed by atoms with Crippen molar-refractivity contribution in [3.05, 3.63) is 99.0 Å². The van der Waals surface area contributed by atoms with Crippen LogP contribution in [0.25, 0.3) is 0 Å². The van der Waals surface area contributed by atoms with Gasteiger partial charge >= 0.3 is 5.97 Å². The number of carbonyl (C=O) groups is 2. The number of aryl methyl sites for hydroxylation is 1. The Morgan fingerprint density at radius 1 is 0.931 bits per heavy atom. The van der Waals surface area contributed by atoms with Crippen molar-refractivity contribution in [3.8, 4) is 5.75 Å². The van der Waals surface area contributed by atoms with Crippen LogP contribution >= 0.6 is 23.2 Å². The van der Waals surface area contributed by atoms with E-state index in [1.807, 2.05) is 6.92 Å². The third-order valence-corrected chi connectivity index (χ3v) is 4.58. The van der Waals surface area contributed by atoms with Gasteiger partial charge in [0.1, 0.15) is 5.75 Å². The molecule has 0 unspecified atom stereocenters. The van der Waals surface area contributed by atoms with Crippen LogP contribution in [0.3, 0.4) is 0 Å². The summed E-state index contributed by atoms with van der Waals surface area (Å²) in [4.78, 5) is 24.3. The fourth-order valence-electron chi connectivity index (χ4n) is 2.44. The zero-order chi connectivity index (χ0) is 20.8. The number of rotatable bonds is 5. The van der Waals surface area contributed by atoms with E-state index in [2.05, 4.69) is 10.5 Å². The van der Waals surface area contributed by atoms with Gasteiger partial charge in [0, 0.05) is 0 Å². The molecule has 29 heavy (non-hydrogen) atoms. The molecule has 0 aliphatic carbocycles. The monoisotopic (exact) mass is 426 g/mol. The number of hydrogen-bond donors (Lipinski definition) is 1. The van der Waals surface area contributed by atoms with Crippen LogP contribution < -0.4 is 10.2 Å². The molecule has 0 radical (unpaired) electrons. The predicted molar refractivity (Wildman–Crippen MR) is 114 cm³/mol. The lowest BCUT2D eigenvalue weighted by Crippen LogP contribution is -2.18. The van der Waals surface area contributed by atoms with Gasteiger partial charge in [-0.3, -0.25) is 4.79 Å². The first-order chi connectivity index (χ1) is 13.9. The summed E-state index contributed by atoms with van der Waals surface area (Å²) in [7, 11) is 0. The molecule has 3 rings (SSSR count). The van der Waals surface area contributed by atoms with E-state index < -0.39 is 11.9 Å². The molecule has 146 valence electrons. The Bertz CT molecular complexity index is 1080. The van der Waals surface area contributed by atoms with E-state index >= 15 is 0 Å². The highest BCUT2D eigenvalue weighted by Gasteiger charge is 2.12. The van der Waals surface area contributed by atoms with Crippen molar-refractivity contribution < 1.29 is 14.3 Å². The Morgan fingerprint density at radius 2 is 1.66 bits per heavy atom. The molecular weight excluding hydrogens is 411 g/mol. The second kappa shape index (κ2) is 9.37. The van der Waals surface area contributed by atoms with Crippen molar-refractivity contribution in [2.45, 2.75) is 6.92 Å². The summed E-state index contributed by atoms with van der Waals surface area (Å²) in [6.07, 6.45) is 1.47. The first-order valence-corrected chi connectivity index (χ1v) is 9.36. The van der Waals surface area contributed by atoms with Gasteiger partial charge < -0.3 is 4.74 Å². The molecule has 0 aliphatic rings. The summed E-state index contributed by atoms with van der Waals surface area (Å²) >= 11 is 12.1. The first kappa shape index (κ1) is 20.6. The van der Waals surface area contributed by atoms with Crippen molar-refractivity contribution in [2.24, 2.45) is 5.10 Å². The summed E-state index contributed by atoms with van der Waals surface area (Å²) in [5.41, 5.74) is 4.73. The SMILES string of the molecule is Cc1ccc(C(=O)N/N=C/c2ccc(OC(=O)c3ccccc3Cl)cc2)c(Cl)c1. The average molecular weight is 427 g/mol. The average Bonchev–Trinajstić information content (AvgIpc) is 2.69. The number of ether oxygens (including phenoxy) is 1. The summed E-state index contributed by atoms with van der Waals surface area (Å²) in [5.74, 6) is -0.585. The van der Waals surface area contributed by atoms with Crippen LogP contribution in [0.15, 0.2) is 71.8 Å². The Kier molecular flexibility index (Phi) is 6.65. The van der Waals surface area contributed by atoms with Crippen molar-refractivity contribution in [2.75, 3.05) is 0 Å². The Balaban J connectivity index is 1.59. The molecule has 0 spiro atoms. The molecule has 0 aliphatic heterocycles. The third kappa shape index (κ3) is 5.44. The maximum absolute atomic E-state index is 12.2. The molecule has 1 N–H and O–H groups in total. The van der Waals surface area contributed by atoms with Gasteiger partial charge in [-0.15, -0.1) is 0 Å². The number of hydrogen-bond acceptors (Lipinski definition) is 4. The molecule has 0 heterocycles. The number of halogens is 2. The highest BCUT2D eigenvalue weighted by molar-refractivity contribution is 6.34. The van der Waals surface area contributed by atoms with Crippen molar-refractivity contribution in [1.82, 2.24) is 5.43 Å². The maximum Gasteiger partial charge on any atom is 0.345 e. The molecule has 3 aromatic carbocycles. The number of nitrogens with zero attached hydrogens (tertiary/aromatic N) is 1. The number of esters is 1. The summed E-state index contributed by atoms with van der Waals surface area (Å²) in [5, 5.41) is 4.61. The second-order valence-electron chi connectivity index (χ2n) is 6.12. The predicted octanol–water partition coefficient (Wildman–Crippen LogP) is 5.28. The largest absolute Gasteiger partial charge is 0.423 e. The molecule has 0 atom stereocenters. The highest BCUT2D eigenvalue weighted by Crippen LogP contribution is 2.19. The van der Waals surface area contributed by atoms with Gasteiger partial charge in [-0.25, -0.2) is 10.2 Å². The number of benzene rings is 3. The number of amides is 1. The molecular formula is C22H16Cl2N2O3. The second-order valence-corrected chi connectivity index (χ2v) is 6.94. The van der Waals surface area contributed by atoms with E-state index in [4.69, 9.17) is 27.9 Å². The van der Waals surface area contributed by atoms with Crippen LogP contribution in [0.4, 0.5) is 0 Å². The van der Waals surface area contributed by atoms with Gasteiger partial charge in [-0.1, -0.05) is 41.4 Å². The standard InChI is InChI=1S/C22H16Cl2N2O3/c1-14-6-11-17(20(24)12-14)21(27)26-25-13-15-7-9-16(10-8-15)29-22(28)18-4-2-3-5-19(18)23/h2-13H,1H3,(H,26,27)/b25-13+. The Labute approximate surface area is 177 Å². The fraction of sp³-hybridized carbons (Fsp3) is 0.0455. The van der Waals surface area contributed by atoms with E-state index in [-0.39, 0.29) is 5.56 Å². The summed E-state index contributed by atoms with van der Waals surface area (Å²) in [6, 6.07) is 18.4. The van der Waals surface area contributed by atoms with Crippen molar-refractivity contribution in [1.29, 1.82) is 0 Å². The van der Waals surface area contributed by atoms with Crippen LogP contribution in [0.2, 0.25) is 10.0 Å². The smallest absolute Gasteiger partial charge is 0.345 e. The van der Waals surface area contributed by atoms with Gasteiger partial charge in [-0.2, -0.15) is 5.10 Å². The van der Waals surface area contributed by atoms with Gasteiger partial charge in [-0.05, 0) is 66.6 Å². The molecule has 5 nitrogen and oxygen atoms in total. The van der Waals surface area contributed by atoms with E-state index in [0.29, 0.717) is 26.9 Å². The maximum atomic E-state index is 12.2. The first-order valence-electron chi connectivity index (χ1n) is 8.60. The minimum Gasteiger partial charge on any atom is -0.423 e. The van der Waals surface area contributed by atoms with Gasteiger partial charge in [0.05, 0.1) is 27.4 Å². The van der Waals surface area contributed by atoms with E-state index in [1.54, 1.807) is 66.7 Å². The topological polar surface area (TPSA) is 67.8 Å². The number of hydrazone groups is 1. The fourth-order valence-corrected chi connectivity index (χ4v) is 2.97. The lowest BCUT2D eigenvalue weighted by molar-refractivity contribution is 0.0734. The van der Waals surface area contributed by atoms with Gasteiger partial charge in [0.15, 0.2) is 0 Å². The van der Waals surface area contributed by atoms with Crippen LogP contribution in [0, 0.1) is 6.92 Å². The number of carbonyl (C=O) groups excluding carboxylic acids is 2. The van der Waals surface area contributed by atoms with Gasteiger partial charge in [0.25, 0.3) is 5.91 Å². The zero-order valence-corrected chi connectivity index (χ0v) is 16.9. The molecule has 0 aromatic heterocycles. The van der Waals surface area contributed by atoms with Crippen molar-refractivity contribution in [3.63, 3.8) is 0 Å². The quantitative estimate of drug-likeness (QED) is 0.261. The molecule has 0 saturated carbocycles. The Hall–Kier alpha value is -3.15. The normalized spacial score (nSPS) is 10.7. The number of nitrogens with one attached hydrogen (secondary N) is 1. The highest BCUT2D eigenvalue weighted by atomic mass is 35.5. The lowest BCUT2D eigenvalue weighted by Gasteiger charge is -2.06. The molecule has 0 fully saturated rings. The minimum absolute atomic E-state index is 0.289. The summed E-state index contributed by atoms with van der Waals surface area (Å²) < 4.78 is 5.31. The van der Waals surface area contributed by atoms with Crippen LogP contribution in [0.1, 0.15) is 31.8 Å². The zero-order valence-electron chi connectivity index (χ0n) is 15.4. The van der Waals surface area contributed by atoms with Crippen LogP contribution in [-0.4, -0.2) is 18.1 Å².